The van der Waals surface area contributed by atoms with Crippen molar-refractivity contribution < 1.29 is 10.2 Å². The van der Waals surface area contributed by atoms with E-state index in [9.17, 15) is 10.2 Å². The molecule has 0 radical (unpaired) electrons. The Hall–Kier alpha value is -0.0800. The molecule has 0 aromatic rings. The minimum absolute atomic E-state index is 0.249. The van der Waals surface area contributed by atoms with Crippen LogP contribution in [0.2, 0.25) is 0 Å². The quantitative estimate of drug-likeness (QED) is 0.747. The molecule has 2 nitrogen and oxygen atoms in total. The first-order chi connectivity index (χ1) is 7.19. The van der Waals surface area contributed by atoms with Gasteiger partial charge < -0.3 is 10.2 Å². The maximum Gasteiger partial charge on any atom is 0.0487 e. The smallest absolute Gasteiger partial charge is 0.0487 e. The van der Waals surface area contributed by atoms with E-state index in [0.29, 0.717) is 18.6 Å². The van der Waals surface area contributed by atoms with Crippen molar-refractivity contribution in [1.82, 2.24) is 0 Å². The molecule has 4 aliphatic rings. The predicted molar refractivity (Wildman–Crippen MR) is 58.3 cm³/mol. The molecule has 2 atom stereocenters. The zero-order valence-corrected chi connectivity index (χ0v) is 9.41. The van der Waals surface area contributed by atoms with Crippen LogP contribution >= 0.6 is 0 Å². The van der Waals surface area contributed by atoms with E-state index in [1.54, 1.807) is 0 Å². The number of hydrogen-bond acceptors (Lipinski definition) is 2. The summed E-state index contributed by atoms with van der Waals surface area (Å²) in [5, 5.41) is 18.9. The highest BCUT2D eigenvalue weighted by Crippen LogP contribution is 2.66. The monoisotopic (exact) mass is 210 g/mol. The molecule has 4 rings (SSSR count). The lowest BCUT2D eigenvalue weighted by atomic mass is 9.44. The van der Waals surface area contributed by atoms with Crippen molar-refractivity contribution in [1.29, 1.82) is 0 Å². The summed E-state index contributed by atoms with van der Waals surface area (Å²) < 4.78 is 0. The SMILES string of the molecule is OCCC12C[C@@H]3C[C@H](CC(CO)(C3)C1)C2. The first-order valence-corrected chi connectivity index (χ1v) is 6.41. The Bertz CT molecular complexity index is 247. The average molecular weight is 210 g/mol. The minimum atomic E-state index is 0.249. The fourth-order valence-electron chi connectivity index (χ4n) is 5.36. The Morgan fingerprint density at radius 1 is 0.933 bits per heavy atom. The van der Waals surface area contributed by atoms with Crippen LogP contribution in [0.1, 0.15) is 44.9 Å². The number of aliphatic hydroxyl groups is 2. The van der Waals surface area contributed by atoms with E-state index >= 15 is 0 Å². The second-order valence-electron chi connectivity index (χ2n) is 6.59. The summed E-state index contributed by atoms with van der Waals surface area (Å²) >= 11 is 0. The average Bonchev–Trinajstić information content (AvgIpc) is 2.15. The molecule has 0 aromatic heterocycles. The van der Waals surface area contributed by atoms with Crippen molar-refractivity contribution in [3.8, 4) is 0 Å². The van der Waals surface area contributed by atoms with Gasteiger partial charge in [0.2, 0.25) is 0 Å². The van der Waals surface area contributed by atoms with Gasteiger partial charge in [-0.3, -0.25) is 0 Å². The van der Waals surface area contributed by atoms with Gasteiger partial charge >= 0.3 is 0 Å². The van der Waals surface area contributed by atoms with E-state index in [4.69, 9.17) is 0 Å². The maximum atomic E-state index is 9.65. The summed E-state index contributed by atoms with van der Waals surface area (Å²) in [6.45, 7) is 0.716. The molecule has 2 heteroatoms. The largest absolute Gasteiger partial charge is 0.396 e. The Balaban J connectivity index is 1.88. The summed E-state index contributed by atoms with van der Waals surface area (Å²) in [5.74, 6) is 1.70. The zero-order valence-electron chi connectivity index (χ0n) is 9.41. The van der Waals surface area contributed by atoms with Crippen LogP contribution in [0, 0.1) is 22.7 Å². The minimum Gasteiger partial charge on any atom is -0.396 e. The molecule has 4 aliphatic carbocycles. The van der Waals surface area contributed by atoms with Crippen LogP contribution in [-0.4, -0.2) is 23.4 Å². The molecule has 0 spiro atoms. The molecular weight excluding hydrogens is 188 g/mol. The second kappa shape index (κ2) is 3.21. The lowest BCUT2D eigenvalue weighted by Crippen LogP contribution is -2.53. The first kappa shape index (κ1) is 10.1. The molecule has 0 aromatic carbocycles. The molecule has 4 bridgehead atoms. The van der Waals surface area contributed by atoms with Gasteiger partial charge in [0.15, 0.2) is 0 Å². The van der Waals surface area contributed by atoms with Gasteiger partial charge in [0.25, 0.3) is 0 Å². The van der Waals surface area contributed by atoms with Crippen LogP contribution in [0.4, 0.5) is 0 Å². The van der Waals surface area contributed by atoms with Crippen LogP contribution in [0.15, 0.2) is 0 Å². The number of rotatable bonds is 3. The predicted octanol–water partition coefficient (Wildman–Crippen LogP) is 1.95. The van der Waals surface area contributed by atoms with Crippen LogP contribution in [0.5, 0.6) is 0 Å². The number of aliphatic hydroxyl groups excluding tert-OH is 2. The molecule has 0 heterocycles. The lowest BCUT2D eigenvalue weighted by Gasteiger charge is -2.62. The van der Waals surface area contributed by atoms with Gasteiger partial charge in [-0.2, -0.15) is 0 Å². The first-order valence-electron chi connectivity index (χ1n) is 6.41. The highest BCUT2D eigenvalue weighted by molar-refractivity contribution is 5.07. The Morgan fingerprint density at radius 2 is 1.53 bits per heavy atom. The van der Waals surface area contributed by atoms with Crippen molar-refractivity contribution in [3.63, 3.8) is 0 Å². The second-order valence-corrected chi connectivity index (χ2v) is 6.59. The van der Waals surface area contributed by atoms with E-state index in [0.717, 1.165) is 18.3 Å². The summed E-state index contributed by atoms with van der Waals surface area (Å²) in [6, 6.07) is 0. The molecule has 4 saturated carbocycles. The van der Waals surface area contributed by atoms with Gasteiger partial charge in [0.1, 0.15) is 0 Å². The molecule has 0 aliphatic heterocycles. The molecule has 0 unspecified atom stereocenters. The molecular formula is C13H22O2. The normalized spacial score (nSPS) is 52.4. The maximum absolute atomic E-state index is 9.65. The van der Waals surface area contributed by atoms with E-state index in [1.807, 2.05) is 0 Å². The zero-order chi connectivity index (χ0) is 10.5. The fraction of sp³-hybridized carbons (Fsp3) is 1.00. The third-order valence-electron chi connectivity index (χ3n) is 5.28. The summed E-state index contributed by atoms with van der Waals surface area (Å²) in [7, 11) is 0. The topological polar surface area (TPSA) is 40.5 Å². The van der Waals surface area contributed by atoms with Crippen LogP contribution in [-0.2, 0) is 0 Å². The Morgan fingerprint density at radius 3 is 2.07 bits per heavy atom. The van der Waals surface area contributed by atoms with Crippen LogP contribution < -0.4 is 0 Å². The molecule has 2 N–H and O–H groups in total. The van der Waals surface area contributed by atoms with E-state index < -0.39 is 0 Å². The molecule has 86 valence electrons. The van der Waals surface area contributed by atoms with Gasteiger partial charge in [-0.05, 0) is 67.6 Å². The fourth-order valence-corrected chi connectivity index (χ4v) is 5.36. The molecule has 4 fully saturated rings. The third-order valence-corrected chi connectivity index (χ3v) is 5.28. The molecule has 0 amide bonds. The summed E-state index contributed by atoms with van der Waals surface area (Å²) in [6.07, 6.45) is 8.72. The molecule has 0 saturated heterocycles. The van der Waals surface area contributed by atoms with Crippen molar-refractivity contribution in [2.75, 3.05) is 13.2 Å². The van der Waals surface area contributed by atoms with Crippen LogP contribution in [0.25, 0.3) is 0 Å². The van der Waals surface area contributed by atoms with Gasteiger partial charge in [0, 0.05) is 13.2 Å². The van der Waals surface area contributed by atoms with E-state index in [2.05, 4.69) is 0 Å². The summed E-state index contributed by atoms with van der Waals surface area (Å²) in [5.41, 5.74) is 0.654. The lowest BCUT2D eigenvalue weighted by molar-refractivity contribution is -0.135. The summed E-state index contributed by atoms with van der Waals surface area (Å²) in [4.78, 5) is 0. The standard InChI is InChI=1S/C13H22O2/c14-2-1-12-4-10-3-11(5-12)7-13(6-10,8-12)9-15/h10-11,14-15H,1-9H2/t10-,11-,12?,13?/m0/s1. The van der Waals surface area contributed by atoms with Gasteiger partial charge in [-0.25, -0.2) is 0 Å². The van der Waals surface area contributed by atoms with Crippen molar-refractivity contribution in [2.45, 2.75) is 44.9 Å². The number of hydrogen-bond donors (Lipinski definition) is 2. The van der Waals surface area contributed by atoms with E-state index in [-0.39, 0.29) is 5.41 Å². The van der Waals surface area contributed by atoms with E-state index in [1.165, 1.54) is 38.5 Å². The van der Waals surface area contributed by atoms with Gasteiger partial charge in [0.05, 0.1) is 0 Å². The van der Waals surface area contributed by atoms with Crippen LogP contribution in [0.3, 0.4) is 0 Å². The van der Waals surface area contributed by atoms with Crippen molar-refractivity contribution in [3.05, 3.63) is 0 Å². The third kappa shape index (κ3) is 1.45. The van der Waals surface area contributed by atoms with Gasteiger partial charge in [-0.1, -0.05) is 0 Å². The van der Waals surface area contributed by atoms with Gasteiger partial charge in [-0.15, -0.1) is 0 Å². The Kier molecular flexibility index (Phi) is 2.16. The highest BCUT2D eigenvalue weighted by Gasteiger charge is 2.56. The molecule has 15 heavy (non-hydrogen) atoms. The highest BCUT2D eigenvalue weighted by atomic mass is 16.3. The Labute approximate surface area is 91.7 Å². The van der Waals surface area contributed by atoms with Crippen molar-refractivity contribution in [2.24, 2.45) is 22.7 Å². The van der Waals surface area contributed by atoms with Crippen molar-refractivity contribution >= 4 is 0 Å².